The summed E-state index contributed by atoms with van der Waals surface area (Å²) in [6.07, 6.45) is 6.42. The summed E-state index contributed by atoms with van der Waals surface area (Å²) in [5, 5.41) is 15.4. The van der Waals surface area contributed by atoms with Crippen LogP contribution in [0, 0.1) is 12.8 Å². The van der Waals surface area contributed by atoms with Crippen molar-refractivity contribution in [3.8, 4) is 5.13 Å². The Morgan fingerprint density at radius 2 is 2.19 bits per heavy atom. The topological polar surface area (TPSA) is 129 Å². The Kier molecular flexibility index (Phi) is 4.66. The number of carboxylic acid groups (broad SMARTS) is 1. The van der Waals surface area contributed by atoms with Gasteiger partial charge in [-0.1, -0.05) is 0 Å². The highest BCUT2D eigenvalue weighted by Crippen LogP contribution is 2.28. The van der Waals surface area contributed by atoms with Gasteiger partial charge >= 0.3 is 5.97 Å². The lowest BCUT2D eigenvalue weighted by molar-refractivity contribution is 0.0695. The van der Waals surface area contributed by atoms with Crippen LogP contribution in [-0.2, 0) is 0 Å². The molecule has 0 unspecified atom stereocenters. The molecule has 1 fully saturated rings. The summed E-state index contributed by atoms with van der Waals surface area (Å²) in [6, 6.07) is 1.84. The molecule has 1 aliphatic heterocycles. The van der Waals surface area contributed by atoms with Gasteiger partial charge in [0.05, 0.1) is 5.39 Å². The Labute approximate surface area is 180 Å². The fourth-order valence-electron chi connectivity index (χ4n) is 3.76. The van der Waals surface area contributed by atoms with E-state index in [2.05, 4.69) is 25.2 Å². The molecule has 0 aliphatic carbocycles. The lowest BCUT2D eigenvalue weighted by Crippen LogP contribution is -2.50. The summed E-state index contributed by atoms with van der Waals surface area (Å²) in [5.74, 6) is 0.681. The molecule has 1 aliphatic rings. The summed E-state index contributed by atoms with van der Waals surface area (Å²) in [4.78, 5) is 42.8. The maximum Gasteiger partial charge on any atom is 0.341 e. The SMILES string of the molecule is Cc1cc(N2CC(CNc3ncc[nH]3)C2)nc2c1c(=O)c(C(=O)O)cn2-c1nccs1. The van der Waals surface area contributed by atoms with Crippen LogP contribution in [0.25, 0.3) is 16.2 Å². The van der Waals surface area contributed by atoms with E-state index in [1.807, 2.05) is 13.0 Å². The van der Waals surface area contributed by atoms with E-state index in [0.29, 0.717) is 27.6 Å². The molecule has 11 heteroatoms. The second-order valence-corrected chi connectivity index (χ2v) is 8.32. The van der Waals surface area contributed by atoms with Crippen LogP contribution in [0.2, 0.25) is 0 Å². The number of hydrogen-bond acceptors (Lipinski definition) is 8. The molecule has 0 spiro atoms. The number of H-pyrrole nitrogens is 1. The fraction of sp³-hybridized carbons (Fsp3) is 0.250. The van der Waals surface area contributed by atoms with Gasteiger partial charge in [-0.15, -0.1) is 11.3 Å². The minimum atomic E-state index is -1.27. The molecule has 0 saturated carbocycles. The van der Waals surface area contributed by atoms with Crippen molar-refractivity contribution in [1.82, 2.24) is 24.5 Å². The molecule has 0 atom stereocenters. The third kappa shape index (κ3) is 3.42. The Morgan fingerprint density at radius 3 is 2.87 bits per heavy atom. The number of imidazole rings is 1. The minimum absolute atomic E-state index is 0.298. The van der Waals surface area contributed by atoms with Crippen molar-refractivity contribution in [3.63, 3.8) is 0 Å². The van der Waals surface area contributed by atoms with Crippen LogP contribution >= 0.6 is 11.3 Å². The molecule has 0 radical (unpaired) electrons. The first kappa shape index (κ1) is 19.2. The number of aryl methyl sites for hydroxylation is 1. The standard InChI is InChI=1S/C20H19N7O3S/c1-11-6-14(26-8-12(9-26)7-24-19-21-2-3-22-19)25-17-15(11)16(28)13(18(29)30)10-27(17)20-23-4-5-31-20/h2-6,10,12H,7-9H2,1H3,(H,29,30)(H2,21,22,24). The number of thiazole rings is 1. The number of aromatic amines is 1. The molecule has 158 valence electrons. The molecule has 0 aromatic carbocycles. The van der Waals surface area contributed by atoms with Crippen molar-refractivity contribution in [1.29, 1.82) is 0 Å². The van der Waals surface area contributed by atoms with Gasteiger partial charge in [-0.3, -0.25) is 9.36 Å². The molecule has 31 heavy (non-hydrogen) atoms. The number of hydrogen-bond donors (Lipinski definition) is 3. The smallest absolute Gasteiger partial charge is 0.341 e. The van der Waals surface area contributed by atoms with Gasteiger partial charge in [-0.05, 0) is 18.6 Å². The summed E-state index contributed by atoms with van der Waals surface area (Å²) >= 11 is 1.35. The zero-order valence-electron chi connectivity index (χ0n) is 16.6. The average Bonchev–Trinajstić information content (AvgIpc) is 3.40. The van der Waals surface area contributed by atoms with E-state index in [4.69, 9.17) is 4.98 Å². The molecule has 5 heterocycles. The number of pyridine rings is 2. The van der Waals surface area contributed by atoms with E-state index < -0.39 is 11.4 Å². The minimum Gasteiger partial charge on any atom is -0.477 e. The first-order chi connectivity index (χ1) is 15.0. The molecular formula is C20H19N7O3S. The average molecular weight is 437 g/mol. The van der Waals surface area contributed by atoms with Gasteiger partial charge in [0.15, 0.2) is 16.7 Å². The number of anilines is 2. The van der Waals surface area contributed by atoms with E-state index >= 15 is 0 Å². The largest absolute Gasteiger partial charge is 0.477 e. The number of rotatable bonds is 6. The maximum absolute atomic E-state index is 12.8. The molecule has 0 bridgehead atoms. The number of carbonyl (C=O) groups is 1. The van der Waals surface area contributed by atoms with Crippen molar-refractivity contribution in [2.45, 2.75) is 6.92 Å². The predicted octanol–water partition coefficient (Wildman–Crippen LogP) is 2.12. The van der Waals surface area contributed by atoms with E-state index in [0.717, 1.165) is 31.4 Å². The second-order valence-electron chi connectivity index (χ2n) is 7.45. The van der Waals surface area contributed by atoms with Crippen molar-refractivity contribution in [2.24, 2.45) is 5.92 Å². The molecule has 5 rings (SSSR count). The molecule has 0 amide bonds. The highest BCUT2D eigenvalue weighted by molar-refractivity contribution is 7.12. The van der Waals surface area contributed by atoms with E-state index in [1.165, 1.54) is 17.5 Å². The first-order valence-corrected chi connectivity index (χ1v) is 10.6. The Morgan fingerprint density at radius 1 is 1.35 bits per heavy atom. The van der Waals surface area contributed by atoms with Crippen LogP contribution in [0.15, 0.2) is 41.0 Å². The molecule has 4 aromatic rings. The summed E-state index contributed by atoms with van der Waals surface area (Å²) in [6.45, 7) is 4.24. The first-order valence-electron chi connectivity index (χ1n) is 9.69. The zero-order chi connectivity index (χ0) is 21.5. The van der Waals surface area contributed by atoms with Crippen molar-refractivity contribution < 1.29 is 9.90 Å². The molecule has 1 saturated heterocycles. The number of fused-ring (bicyclic) bond motifs is 1. The third-order valence-electron chi connectivity index (χ3n) is 5.34. The molecule has 4 aromatic heterocycles. The predicted molar refractivity (Wildman–Crippen MR) is 117 cm³/mol. The van der Waals surface area contributed by atoms with E-state index in [1.54, 1.807) is 28.5 Å². The second kappa shape index (κ2) is 7.51. The lowest BCUT2D eigenvalue weighted by Gasteiger charge is -2.40. The number of nitrogens with one attached hydrogen (secondary N) is 2. The van der Waals surface area contributed by atoms with Crippen molar-refractivity contribution in [2.75, 3.05) is 29.9 Å². The monoisotopic (exact) mass is 437 g/mol. The molecular weight excluding hydrogens is 418 g/mol. The van der Waals surface area contributed by atoms with Gasteiger partial charge in [-0.2, -0.15) is 0 Å². The highest BCUT2D eigenvalue weighted by Gasteiger charge is 2.29. The van der Waals surface area contributed by atoms with Crippen LogP contribution in [0.4, 0.5) is 11.8 Å². The zero-order valence-corrected chi connectivity index (χ0v) is 17.4. The fourth-order valence-corrected chi connectivity index (χ4v) is 4.38. The number of carboxylic acids is 1. The van der Waals surface area contributed by atoms with Crippen LogP contribution in [0.5, 0.6) is 0 Å². The summed E-state index contributed by atoms with van der Waals surface area (Å²) in [5.41, 5.74) is 0.275. The van der Waals surface area contributed by atoms with Crippen LogP contribution in [-0.4, -0.2) is 55.2 Å². The van der Waals surface area contributed by atoms with Crippen molar-refractivity contribution >= 4 is 40.1 Å². The normalized spacial score (nSPS) is 14.0. The molecule has 10 nitrogen and oxygen atoms in total. The van der Waals surface area contributed by atoms with Crippen molar-refractivity contribution in [3.05, 3.63) is 57.6 Å². The van der Waals surface area contributed by atoms with Gasteiger partial charge < -0.3 is 20.3 Å². The van der Waals surface area contributed by atoms with Gasteiger partial charge in [-0.25, -0.2) is 19.7 Å². The summed E-state index contributed by atoms with van der Waals surface area (Å²) < 4.78 is 1.59. The van der Waals surface area contributed by atoms with Gasteiger partial charge in [0.1, 0.15) is 11.4 Å². The van der Waals surface area contributed by atoms with E-state index in [-0.39, 0.29) is 5.56 Å². The van der Waals surface area contributed by atoms with E-state index in [9.17, 15) is 14.7 Å². The number of nitrogens with zero attached hydrogens (tertiary/aromatic N) is 5. The van der Waals surface area contributed by atoms with Gasteiger partial charge in [0.2, 0.25) is 5.43 Å². The van der Waals surface area contributed by atoms with Crippen LogP contribution < -0.4 is 15.6 Å². The third-order valence-corrected chi connectivity index (χ3v) is 6.11. The highest BCUT2D eigenvalue weighted by atomic mass is 32.1. The van der Waals surface area contributed by atoms with Crippen LogP contribution in [0.3, 0.4) is 0 Å². The number of aromatic carboxylic acids is 1. The lowest BCUT2D eigenvalue weighted by atomic mass is 9.99. The Bertz CT molecular complexity index is 1310. The molecule has 3 N–H and O–H groups in total. The van der Waals surface area contributed by atoms with Gasteiger partial charge in [0, 0.05) is 55.7 Å². The quantitative estimate of drug-likeness (QED) is 0.418. The summed E-state index contributed by atoms with van der Waals surface area (Å²) in [7, 11) is 0. The Hall–Kier alpha value is -3.73. The number of aromatic nitrogens is 5. The maximum atomic E-state index is 12.8. The van der Waals surface area contributed by atoms with Gasteiger partial charge in [0.25, 0.3) is 0 Å². The Balaban J connectivity index is 1.49. The van der Waals surface area contributed by atoms with Crippen LogP contribution in [0.1, 0.15) is 15.9 Å².